The van der Waals surface area contributed by atoms with Crippen molar-refractivity contribution < 1.29 is 0 Å². The second kappa shape index (κ2) is 4.77. The number of nitrogens with one attached hydrogen (secondary N) is 1. The first kappa shape index (κ1) is 13.5. The van der Waals surface area contributed by atoms with E-state index in [2.05, 4.69) is 50.8 Å². The number of rotatable bonds is 3. The van der Waals surface area contributed by atoms with E-state index in [4.69, 9.17) is 6.42 Å². The fourth-order valence-corrected chi connectivity index (χ4v) is 2.37. The van der Waals surface area contributed by atoms with Crippen LogP contribution >= 0.6 is 0 Å². The van der Waals surface area contributed by atoms with Gasteiger partial charge in [0, 0.05) is 24.7 Å². The molecule has 0 aromatic rings. The highest BCUT2D eigenvalue weighted by molar-refractivity contribution is 5.12. The average molecular weight is 222 g/mol. The molecule has 0 amide bonds. The Morgan fingerprint density at radius 1 is 1.50 bits per heavy atom. The van der Waals surface area contributed by atoms with Crippen molar-refractivity contribution in [1.29, 1.82) is 0 Å². The van der Waals surface area contributed by atoms with Gasteiger partial charge >= 0.3 is 0 Å². The highest BCUT2D eigenvalue weighted by Crippen LogP contribution is 2.27. The van der Waals surface area contributed by atoms with Gasteiger partial charge in [0.05, 0.1) is 5.54 Å². The molecule has 1 N–H and O–H groups in total. The second-order valence-electron chi connectivity index (χ2n) is 5.69. The van der Waals surface area contributed by atoms with Crippen molar-refractivity contribution in [3.8, 4) is 12.3 Å². The molecule has 0 spiro atoms. The zero-order chi connectivity index (χ0) is 12.4. The highest BCUT2D eigenvalue weighted by Gasteiger charge is 2.39. The Morgan fingerprint density at radius 3 is 2.56 bits per heavy atom. The van der Waals surface area contributed by atoms with E-state index in [1.165, 1.54) is 0 Å². The van der Waals surface area contributed by atoms with Crippen LogP contribution in [-0.4, -0.2) is 35.1 Å². The molecule has 0 bridgehead atoms. The van der Waals surface area contributed by atoms with Gasteiger partial charge in [-0.05, 0) is 33.6 Å². The van der Waals surface area contributed by atoms with Crippen LogP contribution in [0.25, 0.3) is 0 Å². The summed E-state index contributed by atoms with van der Waals surface area (Å²) < 4.78 is 0. The highest BCUT2D eigenvalue weighted by atomic mass is 15.3. The molecule has 1 aliphatic heterocycles. The third-order valence-electron chi connectivity index (χ3n) is 4.05. The molecule has 0 aromatic carbocycles. The molecule has 2 unspecified atom stereocenters. The number of terminal acetylenes is 1. The van der Waals surface area contributed by atoms with Gasteiger partial charge in [-0.2, -0.15) is 0 Å². The Kier molecular flexibility index (Phi) is 4.04. The molecule has 0 saturated carbocycles. The van der Waals surface area contributed by atoms with Gasteiger partial charge in [-0.15, -0.1) is 6.42 Å². The van der Waals surface area contributed by atoms with Crippen LogP contribution in [0.1, 0.15) is 47.5 Å². The standard InChI is InChI=1S/C14H26N2/c1-7-12-10-15-14(6,9-3)11-16(12)13(4,5)8-2/h2,12,15H,7,9-11H2,1,3-6H3. The minimum atomic E-state index is -0.140. The van der Waals surface area contributed by atoms with Crippen molar-refractivity contribution >= 4 is 0 Å². The van der Waals surface area contributed by atoms with E-state index in [0.29, 0.717) is 6.04 Å². The van der Waals surface area contributed by atoms with Crippen molar-refractivity contribution in [3.05, 3.63) is 0 Å². The van der Waals surface area contributed by atoms with Crippen LogP contribution in [-0.2, 0) is 0 Å². The lowest BCUT2D eigenvalue weighted by Crippen LogP contribution is -2.66. The Bertz CT molecular complexity index is 277. The Balaban J connectivity index is 2.89. The molecule has 2 atom stereocenters. The maximum atomic E-state index is 5.67. The molecule has 1 rings (SSSR count). The van der Waals surface area contributed by atoms with Gasteiger partial charge in [0.1, 0.15) is 0 Å². The van der Waals surface area contributed by atoms with Crippen LogP contribution in [0.2, 0.25) is 0 Å². The van der Waals surface area contributed by atoms with Gasteiger partial charge < -0.3 is 5.32 Å². The molecule has 1 fully saturated rings. The first-order valence-electron chi connectivity index (χ1n) is 6.38. The van der Waals surface area contributed by atoms with E-state index >= 15 is 0 Å². The van der Waals surface area contributed by atoms with Gasteiger partial charge in [0.15, 0.2) is 0 Å². The number of nitrogens with zero attached hydrogens (tertiary/aromatic N) is 1. The molecule has 92 valence electrons. The summed E-state index contributed by atoms with van der Waals surface area (Å²) in [7, 11) is 0. The van der Waals surface area contributed by atoms with Gasteiger partial charge in [-0.3, -0.25) is 4.90 Å². The third-order valence-corrected chi connectivity index (χ3v) is 4.05. The summed E-state index contributed by atoms with van der Waals surface area (Å²) in [5.74, 6) is 2.94. The monoisotopic (exact) mass is 222 g/mol. The zero-order valence-corrected chi connectivity index (χ0v) is 11.4. The van der Waals surface area contributed by atoms with E-state index in [-0.39, 0.29) is 11.1 Å². The number of hydrogen-bond acceptors (Lipinski definition) is 2. The zero-order valence-electron chi connectivity index (χ0n) is 11.4. The van der Waals surface area contributed by atoms with E-state index in [1.807, 2.05) is 0 Å². The van der Waals surface area contributed by atoms with E-state index in [0.717, 1.165) is 25.9 Å². The van der Waals surface area contributed by atoms with Gasteiger partial charge in [0.2, 0.25) is 0 Å². The van der Waals surface area contributed by atoms with Crippen molar-refractivity contribution in [3.63, 3.8) is 0 Å². The summed E-state index contributed by atoms with van der Waals surface area (Å²) in [6.07, 6.45) is 7.96. The predicted molar refractivity (Wildman–Crippen MR) is 70.4 cm³/mol. The minimum absolute atomic E-state index is 0.140. The van der Waals surface area contributed by atoms with Crippen molar-refractivity contribution in [2.24, 2.45) is 0 Å². The topological polar surface area (TPSA) is 15.3 Å². The third kappa shape index (κ3) is 2.59. The van der Waals surface area contributed by atoms with Crippen molar-refractivity contribution in [2.45, 2.75) is 64.6 Å². The van der Waals surface area contributed by atoms with Crippen molar-refractivity contribution in [2.75, 3.05) is 13.1 Å². The smallest absolute Gasteiger partial charge is 0.0769 e. The van der Waals surface area contributed by atoms with Crippen LogP contribution in [0.4, 0.5) is 0 Å². The maximum absolute atomic E-state index is 5.67. The molecule has 1 aliphatic rings. The summed E-state index contributed by atoms with van der Waals surface area (Å²) in [5, 5.41) is 3.66. The van der Waals surface area contributed by atoms with Crippen LogP contribution in [0.5, 0.6) is 0 Å². The van der Waals surface area contributed by atoms with Crippen LogP contribution in [0.3, 0.4) is 0 Å². The van der Waals surface area contributed by atoms with E-state index < -0.39 is 0 Å². The molecule has 2 nitrogen and oxygen atoms in total. The first-order chi connectivity index (χ1) is 7.38. The normalized spacial score (nSPS) is 32.4. The molecule has 1 saturated heterocycles. The fraction of sp³-hybridized carbons (Fsp3) is 0.857. The lowest BCUT2D eigenvalue weighted by atomic mass is 9.88. The number of hydrogen-bond donors (Lipinski definition) is 1. The molecular weight excluding hydrogens is 196 g/mol. The van der Waals surface area contributed by atoms with Crippen molar-refractivity contribution in [1.82, 2.24) is 10.2 Å². The summed E-state index contributed by atoms with van der Waals surface area (Å²) >= 11 is 0. The molecular formula is C14H26N2. The van der Waals surface area contributed by atoms with E-state index in [1.54, 1.807) is 0 Å². The quantitative estimate of drug-likeness (QED) is 0.737. The fourth-order valence-electron chi connectivity index (χ4n) is 2.37. The summed E-state index contributed by atoms with van der Waals surface area (Å²) in [6, 6.07) is 0.561. The first-order valence-corrected chi connectivity index (χ1v) is 6.38. The molecule has 2 heteroatoms. The van der Waals surface area contributed by atoms with Crippen LogP contribution in [0.15, 0.2) is 0 Å². The minimum Gasteiger partial charge on any atom is -0.309 e. The number of piperazine rings is 1. The van der Waals surface area contributed by atoms with Gasteiger partial charge in [-0.1, -0.05) is 19.8 Å². The van der Waals surface area contributed by atoms with Gasteiger partial charge in [-0.25, -0.2) is 0 Å². The van der Waals surface area contributed by atoms with E-state index in [9.17, 15) is 0 Å². The molecule has 0 aromatic heterocycles. The van der Waals surface area contributed by atoms with Crippen LogP contribution < -0.4 is 5.32 Å². The molecule has 0 radical (unpaired) electrons. The molecule has 0 aliphatic carbocycles. The summed E-state index contributed by atoms with van der Waals surface area (Å²) in [6.45, 7) is 13.2. The average Bonchev–Trinajstić information content (AvgIpc) is 2.29. The summed E-state index contributed by atoms with van der Waals surface area (Å²) in [4.78, 5) is 2.49. The Morgan fingerprint density at radius 2 is 2.12 bits per heavy atom. The lowest BCUT2D eigenvalue weighted by molar-refractivity contribution is 0.0285. The lowest BCUT2D eigenvalue weighted by Gasteiger charge is -2.50. The Hall–Kier alpha value is -0.520. The largest absolute Gasteiger partial charge is 0.309 e. The second-order valence-corrected chi connectivity index (χ2v) is 5.69. The van der Waals surface area contributed by atoms with Gasteiger partial charge in [0.25, 0.3) is 0 Å². The maximum Gasteiger partial charge on any atom is 0.0769 e. The SMILES string of the molecule is C#CC(C)(C)N1CC(C)(CC)NCC1CC. The van der Waals surface area contributed by atoms with Crippen LogP contribution in [0, 0.1) is 12.3 Å². The molecule has 1 heterocycles. The predicted octanol–water partition coefficient (Wildman–Crippen LogP) is 2.25. The Labute approximate surface area is 101 Å². The molecule has 16 heavy (non-hydrogen) atoms. The summed E-state index contributed by atoms with van der Waals surface area (Å²) in [5.41, 5.74) is 0.0684.